The van der Waals surface area contributed by atoms with Crippen LogP contribution < -0.4 is 4.90 Å². The highest BCUT2D eigenvalue weighted by Gasteiger charge is 2.33. The molecule has 0 atom stereocenters. The van der Waals surface area contributed by atoms with E-state index < -0.39 is 18.6 Å². The molecule has 1 aliphatic heterocycles. The maximum atomic E-state index is 12.9. The van der Waals surface area contributed by atoms with Crippen LogP contribution >= 0.6 is 11.8 Å². The van der Waals surface area contributed by atoms with Gasteiger partial charge in [0, 0.05) is 20.1 Å². The van der Waals surface area contributed by atoms with Crippen LogP contribution in [0.3, 0.4) is 0 Å². The van der Waals surface area contributed by atoms with Crippen molar-refractivity contribution in [2.75, 3.05) is 43.5 Å². The second kappa shape index (κ2) is 8.86. The van der Waals surface area contributed by atoms with Gasteiger partial charge in [0.2, 0.25) is 11.9 Å². The van der Waals surface area contributed by atoms with Crippen LogP contribution in [0.1, 0.15) is 5.76 Å². The van der Waals surface area contributed by atoms with E-state index in [1.807, 2.05) is 4.90 Å². The third-order valence-electron chi connectivity index (χ3n) is 4.08. The zero-order chi connectivity index (χ0) is 20.1. The quantitative estimate of drug-likeness (QED) is 0.635. The first-order valence-corrected chi connectivity index (χ1v) is 9.54. The number of carbonyl (C=O) groups is 1. The third kappa shape index (κ3) is 5.41. The number of nitrogens with zero attached hydrogens (tertiary/aromatic N) is 5. The van der Waals surface area contributed by atoms with E-state index in [1.165, 1.54) is 12.3 Å². The molecule has 0 bridgehead atoms. The monoisotopic (exact) mass is 419 g/mol. The second-order valence-corrected chi connectivity index (χ2v) is 7.12. The molecule has 0 aliphatic carbocycles. The molecule has 1 aliphatic rings. The molecule has 28 heavy (non-hydrogen) atoms. The number of carbonyl (C=O) groups excluding carboxylic acids is 1. The third-order valence-corrected chi connectivity index (χ3v) is 5.09. The molecule has 0 saturated carbocycles. The predicted octanol–water partition coefficient (Wildman–Crippen LogP) is 1.93. The molecule has 3 rings (SSSR count). The smallest absolute Gasteiger partial charge is 0.406 e. The Hall–Kier alpha value is -2.21. The van der Waals surface area contributed by atoms with Crippen molar-refractivity contribution in [3.05, 3.63) is 24.2 Å². The van der Waals surface area contributed by atoms with Crippen LogP contribution in [0.15, 0.2) is 28.0 Å². The molecule has 0 spiro atoms. The molecule has 8 nitrogen and oxygen atoms in total. The fourth-order valence-electron chi connectivity index (χ4n) is 2.73. The molecule has 3 heterocycles. The lowest BCUT2D eigenvalue weighted by atomic mass is 10.3. The average molecular weight is 419 g/mol. The van der Waals surface area contributed by atoms with Crippen molar-refractivity contribution in [3.63, 3.8) is 0 Å². The Balaban J connectivity index is 1.62. The minimum atomic E-state index is -4.50. The van der Waals surface area contributed by atoms with Crippen LogP contribution in [0.25, 0.3) is 0 Å². The first kappa shape index (κ1) is 20.5. The number of aromatic nitrogens is 3. The van der Waals surface area contributed by atoms with Gasteiger partial charge < -0.3 is 19.0 Å². The molecular weight excluding hydrogens is 399 g/mol. The molecule has 1 saturated heterocycles. The van der Waals surface area contributed by atoms with Crippen molar-refractivity contribution in [1.82, 2.24) is 19.7 Å². The molecule has 0 aromatic carbocycles. The highest BCUT2D eigenvalue weighted by molar-refractivity contribution is 7.99. The Bertz CT molecular complexity index is 775. The fraction of sp³-hybridized carbons (Fsp3) is 0.562. The van der Waals surface area contributed by atoms with Crippen molar-refractivity contribution in [2.45, 2.75) is 17.9 Å². The maximum absolute atomic E-state index is 12.9. The Labute approximate surface area is 163 Å². The number of thioether (sulfide) groups is 1. The van der Waals surface area contributed by atoms with Crippen LogP contribution in [0.5, 0.6) is 0 Å². The molecule has 12 heteroatoms. The van der Waals surface area contributed by atoms with Crippen LogP contribution in [-0.4, -0.2) is 70.3 Å². The zero-order valence-corrected chi connectivity index (χ0v) is 16.0. The number of ether oxygens (including phenoxy) is 1. The lowest BCUT2D eigenvalue weighted by molar-refractivity contribution is -0.161. The summed E-state index contributed by atoms with van der Waals surface area (Å²) >= 11 is 1.05. The minimum absolute atomic E-state index is 0.189. The molecule has 2 aromatic rings. The molecule has 2 aromatic heterocycles. The summed E-state index contributed by atoms with van der Waals surface area (Å²) in [6.45, 7) is 0.949. The first-order chi connectivity index (χ1) is 13.3. The largest absolute Gasteiger partial charge is 0.467 e. The highest BCUT2D eigenvalue weighted by atomic mass is 32.2. The van der Waals surface area contributed by atoms with Gasteiger partial charge in [-0.2, -0.15) is 13.2 Å². The average Bonchev–Trinajstić information content (AvgIpc) is 3.28. The second-order valence-electron chi connectivity index (χ2n) is 6.17. The predicted molar refractivity (Wildman–Crippen MR) is 94.9 cm³/mol. The minimum Gasteiger partial charge on any atom is -0.467 e. The van der Waals surface area contributed by atoms with Gasteiger partial charge >= 0.3 is 6.18 Å². The molecule has 154 valence electrons. The number of anilines is 1. The lowest BCUT2D eigenvalue weighted by Crippen LogP contribution is -2.39. The number of furan rings is 1. The number of hydrogen-bond donors (Lipinski definition) is 0. The van der Waals surface area contributed by atoms with Gasteiger partial charge in [-0.1, -0.05) is 11.8 Å². The highest BCUT2D eigenvalue weighted by Crippen LogP contribution is 2.23. The summed E-state index contributed by atoms with van der Waals surface area (Å²) in [7, 11) is 1.76. The van der Waals surface area contributed by atoms with Crippen molar-refractivity contribution in [2.24, 2.45) is 7.05 Å². The SMILES string of the molecule is Cn1c(SCC(=O)N(Cc2ccco2)CC(F)(F)F)nnc1N1CCOCC1. The fourth-order valence-corrected chi connectivity index (χ4v) is 3.54. The number of hydrogen-bond acceptors (Lipinski definition) is 7. The lowest BCUT2D eigenvalue weighted by Gasteiger charge is -2.27. The summed E-state index contributed by atoms with van der Waals surface area (Å²) < 4.78 is 50.7. The summed E-state index contributed by atoms with van der Waals surface area (Å²) in [5.41, 5.74) is 0. The van der Waals surface area contributed by atoms with Gasteiger partial charge in [-0.25, -0.2) is 0 Å². The summed E-state index contributed by atoms with van der Waals surface area (Å²) in [6.07, 6.45) is -3.14. The number of alkyl halides is 3. The van der Waals surface area contributed by atoms with Crippen molar-refractivity contribution >= 4 is 23.6 Å². The number of amides is 1. The van der Waals surface area contributed by atoms with Gasteiger partial charge in [-0.05, 0) is 12.1 Å². The van der Waals surface area contributed by atoms with E-state index in [0.29, 0.717) is 37.4 Å². The molecule has 1 fully saturated rings. The van der Waals surface area contributed by atoms with Crippen LogP contribution in [0.2, 0.25) is 0 Å². The van der Waals surface area contributed by atoms with E-state index in [0.717, 1.165) is 16.7 Å². The van der Waals surface area contributed by atoms with Crippen LogP contribution in [0.4, 0.5) is 19.1 Å². The van der Waals surface area contributed by atoms with Gasteiger partial charge in [0.05, 0.1) is 31.8 Å². The number of rotatable bonds is 7. The van der Waals surface area contributed by atoms with Gasteiger partial charge in [0.15, 0.2) is 5.16 Å². The van der Waals surface area contributed by atoms with Crippen molar-refractivity contribution < 1.29 is 27.1 Å². The topological polar surface area (TPSA) is 76.6 Å². The van der Waals surface area contributed by atoms with E-state index in [2.05, 4.69) is 10.2 Å². The Morgan fingerprint density at radius 3 is 2.71 bits per heavy atom. The van der Waals surface area contributed by atoms with Gasteiger partial charge in [0.25, 0.3) is 0 Å². The first-order valence-electron chi connectivity index (χ1n) is 8.55. The van der Waals surface area contributed by atoms with Crippen molar-refractivity contribution in [3.8, 4) is 0 Å². The summed E-state index contributed by atoms with van der Waals surface area (Å²) in [5.74, 6) is 0.0813. The maximum Gasteiger partial charge on any atom is 0.406 e. The summed E-state index contributed by atoms with van der Waals surface area (Å²) in [4.78, 5) is 15.2. The standard InChI is InChI=1S/C16H20F3N5O3S/c1-22-14(23-4-7-26-8-5-23)20-21-15(22)28-10-13(25)24(11-16(17,18)19)9-12-3-2-6-27-12/h2-3,6H,4-5,7-11H2,1H3. The molecular formula is C16H20F3N5O3S. The van der Waals surface area contributed by atoms with E-state index in [4.69, 9.17) is 9.15 Å². The van der Waals surface area contributed by atoms with Gasteiger partial charge in [-0.3, -0.25) is 9.36 Å². The van der Waals surface area contributed by atoms with Gasteiger partial charge in [-0.15, -0.1) is 10.2 Å². The summed E-state index contributed by atoms with van der Waals surface area (Å²) in [5, 5.41) is 8.64. The van der Waals surface area contributed by atoms with E-state index in [-0.39, 0.29) is 18.1 Å². The van der Waals surface area contributed by atoms with Crippen molar-refractivity contribution in [1.29, 1.82) is 0 Å². The normalized spacial score (nSPS) is 15.1. The molecule has 1 amide bonds. The zero-order valence-electron chi connectivity index (χ0n) is 15.2. The van der Waals surface area contributed by atoms with Gasteiger partial charge in [0.1, 0.15) is 12.3 Å². The van der Waals surface area contributed by atoms with Crippen LogP contribution in [-0.2, 0) is 23.1 Å². The molecule has 0 unspecified atom stereocenters. The summed E-state index contributed by atoms with van der Waals surface area (Å²) in [6, 6.07) is 3.09. The molecule has 0 radical (unpaired) electrons. The Kier molecular flexibility index (Phi) is 6.50. The number of morpholine rings is 1. The molecule has 0 N–H and O–H groups in total. The number of halogens is 3. The Morgan fingerprint density at radius 2 is 2.07 bits per heavy atom. The Morgan fingerprint density at radius 1 is 1.32 bits per heavy atom. The van der Waals surface area contributed by atoms with E-state index in [9.17, 15) is 18.0 Å². The van der Waals surface area contributed by atoms with E-state index >= 15 is 0 Å². The van der Waals surface area contributed by atoms with E-state index in [1.54, 1.807) is 17.7 Å². The van der Waals surface area contributed by atoms with Crippen LogP contribution in [0, 0.1) is 0 Å².